The van der Waals surface area contributed by atoms with Crippen LogP contribution in [0.15, 0.2) is 37.4 Å². The molecule has 2 N–H and O–H groups in total. The lowest BCUT2D eigenvalue weighted by molar-refractivity contribution is 0.833. The summed E-state index contributed by atoms with van der Waals surface area (Å²) in [6, 6.07) is 0. The molecule has 0 saturated heterocycles. The number of aromatic nitrogens is 4. The van der Waals surface area contributed by atoms with Gasteiger partial charge in [0.1, 0.15) is 0 Å². The molecule has 5 nitrogen and oxygen atoms in total. The number of hydrogen-bond acceptors (Lipinski definition) is 3. The molecule has 0 aromatic carbocycles. The lowest BCUT2D eigenvalue weighted by Crippen LogP contribution is -2.00. The SMILES string of the molecule is C=CCn1ccnc1Nc1cn[nH]c1. The largest absolute Gasteiger partial charge is 0.323 e. The fourth-order valence-corrected chi connectivity index (χ4v) is 1.17. The molecule has 0 atom stereocenters. The molecular weight excluding hydrogens is 178 g/mol. The molecule has 0 unspecified atom stereocenters. The first-order chi connectivity index (χ1) is 6.90. The number of nitrogens with one attached hydrogen (secondary N) is 2. The maximum Gasteiger partial charge on any atom is 0.207 e. The number of hydrogen-bond donors (Lipinski definition) is 2. The van der Waals surface area contributed by atoms with Crippen LogP contribution >= 0.6 is 0 Å². The Hall–Kier alpha value is -2.04. The summed E-state index contributed by atoms with van der Waals surface area (Å²) in [4.78, 5) is 4.17. The predicted octanol–water partition coefficient (Wildman–Crippen LogP) is 1.54. The van der Waals surface area contributed by atoms with Crippen LogP contribution < -0.4 is 5.32 Å². The molecular formula is C9H11N5. The molecule has 2 rings (SSSR count). The van der Waals surface area contributed by atoms with Gasteiger partial charge < -0.3 is 9.88 Å². The van der Waals surface area contributed by atoms with E-state index in [4.69, 9.17) is 0 Å². The Balaban J connectivity index is 2.16. The van der Waals surface area contributed by atoms with Gasteiger partial charge in [0, 0.05) is 25.1 Å². The lowest BCUT2D eigenvalue weighted by Gasteiger charge is -2.04. The Morgan fingerprint density at radius 1 is 1.64 bits per heavy atom. The van der Waals surface area contributed by atoms with E-state index in [1.807, 2.05) is 16.8 Å². The maximum atomic E-state index is 4.17. The molecule has 0 bridgehead atoms. The van der Waals surface area contributed by atoms with Crippen LogP contribution in [0.25, 0.3) is 0 Å². The quantitative estimate of drug-likeness (QED) is 0.717. The molecule has 2 heterocycles. The normalized spacial score (nSPS) is 10.0. The highest BCUT2D eigenvalue weighted by Gasteiger charge is 2.01. The van der Waals surface area contributed by atoms with Crippen molar-refractivity contribution in [1.82, 2.24) is 19.7 Å². The third-order valence-corrected chi connectivity index (χ3v) is 1.80. The van der Waals surface area contributed by atoms with Crippen LogP contribution in [-0.4, -0.2) is 19.7 Å². The zero-order valence-electron chi connectivity index (χ0n) is 7.64. The molecule has 14 heavy (non-hydrogen) atoms. The van der Waals surface area contributed by atoms with Crippen molar-refractivity contribution in [3.8, 4) is 0 Å². The van der Waals surface area contributed by atoms with Crippen LogP contribution in [-0.2, 0) is 6.54 Å². The minimum atomic E-state index is 0.736. The molecule has 2 aromatic heterocycles. The van der Waals surface area contributed by atoms with Gasteiger partial charge in [-0.1, -0.05) is 6.08 Å². The number of nitrogens with zero attached hydrogens (tertiary/aromatic N) is 3. The first-order valence-electron chi connectivity index (χ1n) is 4.28. The van der Waals surface area contributed by atoms with Crippen LogP contribution in [0.2, 0.25) is 0 Å². The Morgan fingerprint density at radius 3 is 3.29 bits per heavy atom. The molecule has 0 aliphatic rings. The van der Waals surface area contributed by atoms with E-state index in [-0.39, 0.29) is 0 Å². The first kappa shape index (κ1) is 8.55. The Labute approximate surface area is 81.5 Å². The topological polar surface area (TPSA) is 58.5 Å². The summed E-state index contributed by atoms with van der Waals surface area (Å²) in [7, 11) is 0. The number of aromatic amines is 1. The van der Waals surface area contributed by atoms with E-state index >= 15 is 0 Å². The van der Waals surface area contributed by atoms with Gasteiger partial charge in [-0.15, -0.1) is 6.58 Å². The molecule has 0 radical (unpaired) electrons. The monoisotopic (exact) mass is 189 g/mol. The van der Waals surface area contributed by atoms with Gasteiger partial charge in [-0.2, -0.15) is 5.10 Å². The Morgan fingerprint density at radius 2 is 2.57 bits per heavy atom. The van der Waals surface area contributed by atoms with Crippen LogP contribution in [0, 0.1) is 0 Å². The van der Waals surface area contributed by atoms with E-state index in [1.165, 1.54) is 0 Å². The van der Waals surface area contributed by atoms with Crippen molar-refractivity contribution in [2.75, 3.05) is 5.32 Å². The van der Waals surface area contributed by atoms with E-state index < -0.39 is 0 Å². The smallest absolute Gasteiger partial charge is 0.207 e. The van der Waals surface area contributed by atoms with Crippen LogP contribution in [0.4, 0.5) is 11.6 Å². The molecule has 0 fully saturated rings. The van der Waals surface area contributed by atoms with E-state index in [2.05, 4.69) is 27.1 Å². The fraction of sp³-hybridized carbons (Fsp3) is 0.111. The highest BCUT2D eigenvalue weighted by Crippen LogP contribution is 2.12. The summed E-state index contributed by atoms with van der Waals surface area (Å²) in [5.74, 6) is 0.784. The van der Waals surface area contributed by atoms with Crippen LogP contribution in [0.5, 0.6) is 0 Å². The number of anilines is 2. The van der Waals surface area contributed by atoms with Gasteiger partial charge in [0.25, 0.3) is 0 Å². The van der Waals surface area contributed by atoms with Crippen LogP contribution in [0.1, 0.15) is 0 Å². The first-order valence-corrected chi connectivity index (χ1v) is 4.28. The molecule has 5 heteroatoms. The molecule has 0 aliphatic carbocycles. The average molecular weight is 189 g/mol. The Kier molecular flexibility index (Phi) is 2.31. The summed E-state index contributed by atoms with van der Waals surface area (Å²) in [5.41, 5.74) is 0.890. The number of H-pyrrole nitrogens is 1. The third kappa shape index (κ3) is 1.66. The molecule has 0 amide bonds. The summed E-state index contributed by atoms with van der Waals surface area (Å²) >= 11 is 0. The van der Waals surface area contributed by atoms with Crippen LogP contribution in [0.3, 0.4) is 0 Å². The number of rotatable bonds is 4. The van der Waals surface area contributed by atoms with Gasteiger partial charge in [-0.3, -0.25) is 5.10 Å². The summed E-state index contributed by atoms with van der Waals surface area (Å²) in [6.07, 6.45) is 8.93. The summed E-state index contributed by atoms with van der Waals surface area (Å²) in [6.45, 7) is 4.42. The van der Waals surface area contributed by atoms with Crippen molar-refractivity contribution in [2.45, 2.75) is 6.54 Å². The van der Waals surface area contributed by atoms with E-state index in [9.17, 15) is 0 Å². The standard InChI is InChI=1S/C9H11N5/c1-2-4-14-5-3-10-9(14)13-8-6-11-12-7-8/h2-3,5-7H,1,4H2,(H,10,13)(H,11,12). The molecule has 0 saturated carbocycles. The van der Waals surface area contributed by atoms with Gasteiger partial charge in [0.2, 0.25) is 5.95 Å². The average Bonchev–Trinajstić information content (AvgIpc) is 2.80. The highest BCUT2D eigenvalue weighted by atomic mass is 15.2. The van der Waals surface area contributed by atoms with Crippen molar-refractivity contribution in [3.05, 3.63) is 37.4 Å². The van der Waals surface area contributed by atoms with E-state index in [0.717, 1.165) is 18.2 Å². The zero-order chi connectivity index (χ0) is 9.80. The van der Waals surface area contributed by atoms with Crippen molar-refractivity contribution in [1.29, 1.82) is 0 Å². The number of allylic oxidation sites excluding steroid dienone is 1. The van der Waals surface area contributed by atoms with Gasteiger partial charge in [0.15, 0.2) is 0 Å². The van der Waals surface area contributed by atoms with Crippen molar-refractivity contribution < 1.29 is 0 Å². The molecule has 0 aliphatic heterocycles. The van der Waals surface area contributed by atoms with E-state index in [1.54, 1.807) is 18.6 Å². The molecule has 0 spiro atoms. The zero-order valence-corrected chi connectivity index (χ0v) is 7.64. The van der Waals surface area contributed by atoms with Crippen molar-refractivity contribution in [3.63, 3.8) is 0 Å². The third-order valence-electron chi connectivity index (χ3n) is 1.80. The van der Waals surface area contributed by atoms with Gasteiger partial charge in [-0.05, 0) is 0 Å². The summed E-state index contributed by atoms with van der Waals surface area (Å²) in [5, 5.41) is 9.69. The minimum Gasteiger partial charge on any atom is -0.323 e. The molecule has 72 valence electrons. The second kappa shape index (κ2) is 3.78. The second-order valence-electron chi connectivity index (χ2n) is 2.80. The van der Waals surface area contributed by atoms with Gasteiger partial charge in [-0.25, -0.2) is 4.98 Å². The predicted molar refractivity (Wildman–Crippen MR) is 54.3 cm³/mol. The Bertz CT molecular complexity index is 401. The highest BCUT2D eigenvalue weighted by molar-refractivity contribution is 5.50. The number of imidazole rings is 1. The molecule has 2 aromatic rings. The fourth-order valence-electron chi connectivity index (χ4n) is 1.17. The van der Waals surface area contributed by atoms with E-state index in [0.29, 0.717) is 0 Å². The maximum absolute atomic E-state index is 4.17. The minimum absolute atomic E-state index is 0.736. The second-order valence-corrected chi connectivity index (χ2v) is 2.80. The van der Waals surface area contributed by atoms with Crippen molar-refractivity contribution in [2.24, 2.45) is 0 Å². The van der Waals surface area contributed by atoms with Gasteiger partial charge >= 0.3 is 0 Å². The lowest BCUT2D eigenvalue weighted by atomic mass is 10.5. The summed E-state index contributed by atoms with van der Waals surface area (Å²) < 4.78 is 1.96. The van der Waals surface area contributed by atoms with Crippen molar-refractivity contribution >= 4 is 11.6 Å². The van der Waals surface area contributed by atoms with Gasteiger partial charge in [0.05, 0.1) is 11.9 Å².